The SMILES string of the molecule is CCOC(=O)N(C)c1ccc(NC(=O)Cc2coc3cc4c(cc23)CCC4)cc1. The van der Waals surface area contributed by atoms with Crippen molar-refractivity contribution < 1.29 is 18.7 Å². The third kappa shape index (κ3) is 3.97. The minimum atomic E-state index is -0.414. The predicted molar refractivity (Wildman–Crippen MR) is 112 cm³/mol. The Morgan fingerprint density at radius 2 is 1.86 bits per heavy atom. The third-order valence-electron chi connectivity index (χ3n) is 5.30. The van der Waals surface area contributed by atoms with Gasteiger partial charge in [0.25, 0.3) is 0 Å². The molecule has 1 aliphatic carbocycles. The zero-order valence-corrected chi connectivity index (χ0v) is 16.7. The Morgan fingerprint density at radius 1 is 1.14 bits per heavy atom. The molecule has 0 fully saturated rings. The van der Waals surface area contributed by atoms with E-state index in [1.54, 1.807) is 44.5 Å². The van der Waals surface area contributed by atoms with Gasteiger partial charge in [0.2, 0.25) is 5.91 Å². The molecule has 1 N–H and O–H groups in total. The zero-order valence-electron chi connectivity index (χ0n) is 16.7. The maximum atomic E-state index is 12.5. The van der Waals surface area contributed by atoms with Gasteiger partial charge < -0.3 is 14.5 Å². The first-order valence-corrected chi connectivity index (χ1v) is 9.87. The standard InChI is InChI=1S/C23H24N2O4/c1-3-28-23(27)25(2)19-9-7-18(8-10-19)24-22(26)13-17-14-29-21-12-16-6-4-5-15(16)11-20(17)21/h7-12,14H,3-6,13H2,1-2H3,(H,24,26). The van der Waals surface area contributed by atoms with Crippen molar-refractivity contribution in [2.75, 3.05) is 23.9 Å². The molecule has 0 radical (unpaired) electrons. The number of furan rings is 1. The molecular weight excluding hydrogens is 368 g/mol. The smallest absolute Gasteiger partial charge is 0.413 e. The van der Waals surface area contributed by atoms with Crippen LogP contribution in [-0.2, 0) is 28.8 Å². The average molecular weight is 392 g/mol. The minimum Gasteiger partial charge on any atom is -0.464 e. The molecule has 3 aromatic rings. The summed E-state index contributed by atoms with van der Waals surface area (Å²) in [4.78, 5) is 25.7. The lowest BCUT2D eigenvalue weighted by Gasteiger charge is -2.16. The molecular formula is C23H24N2O4. The normalized spacial score (nSPS) is 12.6. The lowest BCUT2D eigenvalue weighted by atomic mass is 10.0. The van der Waals surface area contributed by atoms with E-state index in [0.29, 0.717) is 18.0 Å². The number of hydrogen-bond acceptors (Lipinski definition) is 4. The summed E-state index contributed by atoms with van der Waals surface area (Å²) in [5.74, 6) is -0.111. The highest BCUT2D eigenvalue weighted by Crippen LogP contribution is 2.30. The quantitative estimate of drug-likeness (QED) is 0.683. The zero-order chi connectivity index (χ0) is 20.4. The molecule has 0 atom stereocenters. The molecule has 150 valence electrons. The number of nitrogens with one attached hydrogen (secondary N) is 1. The molecule has 29 heavy (non-hydrogen) atoms. The molecule has 2 aromatic carbocycles. The first-order valence-electron chi connectivity index (χ1n) is 9.87. The van der Waals surface area contributed by atoms with Gasteiger partial charge in [0, 0.05) is 29.4 Å². The van der Waals surface area contributed by atoms with E-state index in [1.165, 1.54) is 22.4 Å². The number of amides is 2. The molecule has 0 saturated heterocycles. The Hall–Kier alpha value is -3.28. The first-order chi connectivity index (χ1) is 14.0. The van der Waals surface area contributed by atoms with Gasteiger partial charge in [-0.1, -0.05) is 0 Å². The maximum Gasteiger partial charge on any atom is 0.413 e. The van der Waals surface area contributed by atoms with Gasteiger partial charge in [0.1, 0.15) is 5.58 Å². The second-order valence-corrected chi connectivity index (χ2v) is 7.26. The van der Waals surface area contributed by atoms with E-state index in [-0.39, 0.29) is 12.3 Å². The number of hydrogen-bond donors (Lipinski definition) is 1. The second kappa shape index (κ2) is 7.99. The molecule has 0 bridgehead atoms. The van der Waals surface area contributed by atoms with Crippen molar-refractivity contribution in [2.45, 2.75) is 32.6 Å². The number of ether oxygens (including phenoxy) is 1. The van der Waals surface area contributed by atoms with Crippen LogP contribution in [0.5, 0.6) is 0 Å². The molecule has 2 amide bonds. The number of nitrogens with zero attached hydrogens (tertiary/aromatic N) is 1. The van der Waals surface area contributed by atoms with Gasteiger partial charge >= 0.3 is 6.09 Å². The topological polar surface area (TPSA) is 71.8 Å². The van der Waals surface area contributed by atoms with Crippen LogP contribution in [0.25, 0.3) is 11.0 Å². The van der Waals surface area contributed by atoms with Crippen LogP contribution in [0.15, 0.2) is 47.1 Å². The first kappa shape index (κ1) is 19.1. The van der Waals surface area contributed by atoms with Gasteiger partial charge in [-0.3, -0.25) is 9.69 Å². The third-order valence-corrected chi connectivity index (χ3v) is 5.30. The lowest BCUT2D eigenvalue weighted by molar-refractivity contribution is -0.115. The molecule has 6 nitrogen and oxygen atoms in total. The van der Waals surface area contributed by atoms with Crippen molar-refractivity contribution in [3.8, 4) is 0 Å². The van der Waals surface area contributed by atoms with E-state index in [0.717, 1.165) is 29.4 Å². The Balaban J connectivity index is 1.42. The summed E-state index contributed by atoms with van der Waals surface area (Å²) in [7, 11) is 1.65. The summed E-state index contributed by atoms with van der Waals surface area (Å²) in [6.45, 7) is 2.09. The van der Waals surface area contributed by atoms with Crippen molar-refractivity contribution in [3.63, 3.8) is 0 Å². The molecule has 0 saturated carbocycles. The molecule has 0 aliphatic heterocycles. The number of anilines is 2. The number of benzene rings is 2. The Kier molecular flexibility index (Phi) is 5.25. The van der Waals surface area contributed by atoms with Crippen LogP contribution in [0.1, 0.15) is 30.0 Å². The fraction of sp³-hybridized carbons (Fsp3) is 0.304. The Labute approximate surface area is 169 Å². The molecule has 0 unspecified atom stereocenters. The van der Waals surface area contributed by atoms with Crippen LogP contribution in [0.3, 0.4) is 0 Å². The van der Waals surface area contributed by atoms with Gasteiger partial charge in [-0.05, 0) is 73.7 Å². The van der Waals surface area contributed by atoms with Crippen molar-refractivity contribution in [2.24, 2.45) is 0 Å². The minimum absolute atomic E-state index is 0.111. The highest BCUT2D eigenvalue weighted by atomic mass is 16.6. The van der Waals surface area contributed by atoms with Crippen LogP contribution in [0, 0.1) is 0 Å². The Morgan fingerprint density at radius 3 is 2.59 bits per heavy atom. The van der Waals surface area contributed by atoms with Gasteiger partial charge in [0.05, 0.1) is 19.3 Å². The summed E-state index contributed by atoms with van der Waals surface area (Å²) in [5, 5.41) is 3.92. The van der Waals surface area contributed by atoms with Crippen molar-refractivity contribution in [3.05, 3.63) is 59.4 Å². The molecule has 1 aromatic heterocycles. The van der Waals surface area contributed by atoms with E-state index in [1.807, 2.05) is 0 Å². The van der Waals surface area contributed by atoms with Crippen LogP contribution in [0.2, 0.25) is 0 Å². The van der Waals surface area contributed by atoms with Crippen LogP contribution >= 0.6 is 0 Å². The monoisotopic (exact) mass is 392 g/mol. The number of aryl methyl sites for hydroxylation is 2. The molecule has 1 heterocycles. The maximum absolute atomic E-state index is 12.5. The van der Waals surface area contributed by atoms with Gasteiger partial charge in [-0.15, -0.1) is 0 Å². The Bertz CT molecular complexity index is 1050. The number of carbonyl (C=O) groups is 2. The van der Waals surface area contributed by atoms with Crippen molar-refractivity contribution >= 4 is 34.3 Å². The highest BCUT2D eigenvalue weighted by Gasteiger charge is 2.17. The summed E-state index contributed by atoms with van der Waals surface area (Å²) in [5.41, 5.74) is 5.82. The predicted octanol–water partition coefficient (Wildman–Crippen LogP) is 4.70. The summed E-state index contributed by atoms with van der Waals surface area (Å²) in [6.07, 6.45) is 4.88. The van der Waals surface area contributed by atoms with Crippen LogP contribution in [0.4, 0.5) is 16.2 Å². The van der Waals surface area contributed by atoms with Gasteiger partial charge in [-0.2, -0.15) is 0 Å². The fourth-order valence-corrected chi connectivity index (χ4v) is 3.76. The fourth-order valence-electron chi connectivity index (χ4n) is 3.76. The summed E-state index contributed by atoms with van der Waals surface area (Å²) in [6, 6.07) is 11.3. The highest BCUT2D eigenvalue weighted by molar-refractivity contribution is 5.96. The molecule has 1 aliphatic rings. The second-order valence-electron chi connectivity index (χ2n) is 7.26. The molecule has 0 spiro atoms. The van der Waals surface area contributed by atoms with E-state index >= 15 is 0 Å². The van der Waals surface area contributed by atoms with E-state index in [4.69, 9.17) is 9.15 Å². The van der Waals surface area contributed by atoms with E-state index < -0.39 is 6.09 Å². The summed E-state index contributed by atoms with van der Waals surface area (Å²) >= 11 is 0. The molecule has 4 rings (SSSR count). The largest absolute Gasteiger partial charge is 0.464 e. The van der Waals surface area contributed by atoms with E-state index in [2.05, 4.69) is 17.4 Å². The van der Waals surface area contributed by atoms with Gasteiger partial charge in [-0.25, -0.2) is 4.79 Å². The number of fused-ring (bicyclic) bond motifs is 2. The van der Waals surface area contributed by atoms with E-state index in [9.17, 15) is 9.59 Å². The van der Waals surface area contributed by atoms with Crippen molar-refractivity contribution in [1.82, 2.24) is 0 Å². The van der Waals surface area contributed by atoms with Crippen LogP contribution < -0.4 is 10.2 Å². The van der Waals surface area contributed by atoms with Gasteiger partial charge in [0.15, 0.2) is 0 Å². The number of carbonyl (C=O) groups excluding carboxylic acids is 2. The van der Waals surface area contributed by atoms with Crippen LogP contribution in [-0.4, -0.2) is 25.7 Å². The average Bonchev–Trinajstić information content (AvgIpc) is 3.33. The number of rotatable bonds is 5. The summed E-state index contributed by atoms with van der Waals surface area (Å²) < 4.78 is 10.7. The lowest BCUT2D eigenvalue weighted by Crippen LogP contribution is -2.26. The molecule has 6 heteroatoms. The van der Waals surface area contributed by atoms with Crippen molar-refractivity contribution in [1.29, 1.82) is 0 Å².